The first-order valence-corrected chi connectivity index (χ1v) is 7.26. The summed E-state index contributed by atoms with van der Waals surface area (Å²) in [6, 6.07) is 10.6. The molecule has 2 aromatic carbocycles. The Kier molecular flexibility index (Phi) is 2.76. The summed E-state index contributed by atoms with van der Waals surface area (Å²) in [6.45, 7) is 0. The van der Waals surface area contributed by atoms with E-state index in [2.05, 4.69) is 4.74 Å². The Morgan fingerprint density at radius 3 is 2.50 bits per heavy atom. The number of rotatable bonds is 1. The first kappa shape index (κ1) is 12.7. The quantitative estimate of drug-likeness (QED) is 0.644. The molecular weight excluding hydrogens is 280 g/mol. The number of hydrogen-bond donors (Lipinski definition) is 0. The minimum atomic E-state index is -3.70. The van der Waals surface area contributed by atoms with Crippen LogP contribution in [-0.2, 0) is 14.6 Å². The molecule has 0 fully saturated rings. The zero-order valence-corrected chi connectivity index (χ0v) is 11.3. The lowest BCUT2D eigenvalue weighted by atomic mass is 10.2. The number of methoxy groups -OCH3 is 1. The summed E-state index contributed by atoms with van der Waals surface area (Å²) in [7, 11) is -2.46. The van der Waals surface area contributed by atoms with Gasteiger partial charge in [0.05, 0.1) is 12.7 Å². The van der Waals surface area contributed by atoms with E-state index >= 15 is 0 Å². The second-order valence-electron chi connectivity index (χ2n) is 4.21. The lowest BCUT2D eigenvalue weighted by Crippen LogP contribution is -2.12. The molecule has 6 heteroatoms. The van der Waals surface area contributed by atoms with Gasteiger partial charge in [-0.25, -0.2) is 13.2 Å². The van der Waals surface area contributed by atoms with E-state index in [9.17, 15) is 13.2 Å². The summed E-state index contributed by atoms with van der Waals surface area (Å²) in [6.07, 6.45) is 0. The third-order valence-corrected chi connectivity index (χ3v) is 4.83. The van der Waals surface area contributed by atoms with Crippen LogP contribution in [0.1, 0.15) is 10.4 Å². The van der Waals surface area contributed by atoms with Crippen LogP contribution >= 0.6 is 0 Å². The predicted octanol–water partition coefficient (Wildman–Crippen LogP) is 2.41. The van der Waals surface area contributed by atoms with Gasteiger partial charge in [0.15, 0.2) is 0 Å². The first-order chi connectivity index (χ1) is 9.54. The third-order valence-electron chi connectivity index (χ3n) is 3.01. The van der Waals surface area contributed by atoms with Crippen LogP contribution in [0.15, 0.2) is 52.3 Å². The van der Waals surface area contributed by atoms with E-state index in [0.717, 1.165) is 0 Å². The molecule has 0 amide bonds. The van der Waals surface area contributed by atoms with Crippen molar-refractivity contribution in [1.82, 2.24) is 0 Å². The van der Waals surface area contributed by atoms with Gasteiger partial charge in [0, 0.05) is 0 Å². The highest BCUT2D eigenvalue weighted by Gasteiger charge is 2.31. The number of carbonyl (C=O) groups excluding carboxylic acids is 1. The molecule has 5 nitrogen and oxygen atoms in total. The molecule has 20 heavy (non-hydrogen) atoms. The second-order valence-corrected chi connectivity index (χ2v) is 6.09. The Morgan fingerprint density at radius 2 is 1.75 bits per heavy atom. The van der Waals surface area contributed by atoms with E-state index in [1.54, 1.807) is 18.2 Å². The van der Waals surface area contributed by atoms with Gasteiger partial charge in [0.25, 0.3) is 0 Å². The van der Waals surface area contributed by atoms with Crippen LogP contribution in [0.4, 0.5) is 0 Å². The minimum Gasteiger partial charge on any atom is -0.465 e. The summed E-state index contributed by atoms with van der Waals surface area (Å²) in [4.78, 5) is 11.6. The zero-order valence-electron chi connectivity index (χ0n) is 10.5. The number of ether oxygens (including phenoxy) is 2. The molecule has 1 aliphatic heterocycles. The number of sulfone groups is 1. The number of carbonyl (C=O) groups is 1. The molecular formula is C14H10O5S. The van der Waals surface area contributed by atoms with Crippen LogP contribution in [-0.4, -0.2) is 21.5 Å². The van der Waals surface area contributed by atoms with Crippen LogP contribution in [0, 0.1) is 0 Å². The topological polar surface area (TPSA) is 69.7 Å². The summed E-state index contributed by atoms with van der Waals surface area (Å²) in [5, 5.41) is 0. The van der Waals surface area contributed by atoms with Gasteiger partial charge in [0.1, 0.15) is 21.3 Å². The Morgan fingerprint density at radius 1 is 1.05 bits per heavy atom. The van der Waals surface area contributed by atoms with E-state index < -0.39 is 15.8 Å². The molecule has 0 atom stereocenters. The Hall–Kier alpha value is -2.34. The van der Waals surface area contributed by atoms with Crippen LogP contribution < -0.4 is 4.74 Å². The van der Waals surface area contributed by atoms with Crippen LogP contribution in [0.25, 0.3) is 0 Å². The molecule has 2 aromatic rings. The molecule has 0 saturated carbocycles. The van der Waals surface area contributed by atoms with Crippen molar-refractivity contribution in [3.63, 3.8) is 0 Å². The highest BCUT2D eigenvalue weighted by atomic mass is 32.2. The Balaban J connectivity index is 2.23. The molecule has 0 bridgehead atoms. The average molecular weight is 290 g/mol. The SMILES string of the molecule is COC(=O)c1ccc2c(c1)S(=O)(=O)c1ccccc1O2. The lowest BCUT2D eigenvalue weighted by molar-refractivity contribution is 0.0600. The average Bonchev–Trinajstić information content (AvgIpc) is 2.46. The fraction of sp³-hybridized carbons (Fsp3) is 0.0714. The fourth-order valence-electron chi connectivity index (χ4n) is 2.04. The molecule has 0 radical (unpaired) electrons. The number of hydrogen-bond acceptors (Lipinski definition) is 5. The van der Waals surface area contributed by atoms with Gasteiger partial charge >= 0.3 is 5.97 Å². The van der Waals surface area contributed by atoms with E-state index in [1.807, 2.05) is 0 Å². The van der Waals surface area contributed by atoms with Gasteiger partial charge < -0.3 is 9.47 Å². The smallest absolute Gasteiger partial charge is 0.337 e. The number of fused-ring (bicyclic) bond motifs is 2. The fourth-order valence-corrected chi connectivity index (χ4v) is 3.57. The third kappa shape index (κ3) is 1.77. The Bertz CT molecular complexity index is 808. The monoisotopic (exact) mass is 290 g/mol. The van der Waals surface area contributed by atoms with Gasteiger partial charge in [0.2, 0.25) is 9.84 Å². The van der Waals surface area contributed by atoms with Crippen molar-refractivity contribution in [3.8, 4) is 11.5 Å². The molecule has 0 unspecified atom stereocenters. The largest absolute Gasteiger partial charge is 0.465 e. The Labute approximate surface area is 115 Å². The summed E-state index contributed by atoms with van der Waals surface area (Å²) in [5.41, 5.74) is 0.165. The van der Waals surface area contributed by atoms with Crippen molar-refractivity contribution in [1.29, 1.82) is 0 Å². The van der Waals surface area contributed by atoms with E-state index in [0.29, 0.717) is 0 Å². The lowest BCUT2D eigenvalue weighted by Gasteiger charge is -2.20. The van der Waals surface area contributed by atoms with Gasteiger partial charge in [-0.15, -0.1) is 0 Å². The van der Waals surface area contributed by atoms with Crippen LogP contribution in [0.5, 0.6) is 11.5 Å². The van der Waals surface area contributed by atoms with Crippen molar-refractivity contribution in [2.45, 2.75) is 9.79 Å². The number of benzene rings is 2. The summed E-state index contributed by atoms with van der Waals surface area (Å²) in [5.74, 6) is -0.107. The maximum absolute atomic E-state index is 12.5. The van der Waals surface area contributed by atoms with Crippen molar-refractivity contribution >= 4 is 15.8 Å². The molecule has 3 rings (SSSR count). The summed E-state index contributed by atoms with van der Waals surface area (Å²) < 4.78 is 35.2. The van der Waals surface area contributed by atoms with Crippen molar-refractivity contribution in [2.75, 3.05) is 7.11 Å². The maximum atomic E-state index is 12.5. The van der Waals surface area contributed by atoms with Crippen LogP contribution in [0.2, 0.25) is 0 Å². The molecule has 0 aromatic heterocycles. The molecule has 0 spiro atoms. The van der Waals surface area contributed by atoms with E-state index in [-0.39, 0.29) is 26.9 Å². The number of esters is 1. The second kappa shape index (κ2) is 4.35. The molecule has 102 valence electrons. The van der Waals surface area contributed by atoms with Crippen molar-refractivity contribution in [3.05, 3.63) is 48.0 Å². The standard InChI is InChI=1S/C14H10O5S/c1-18-14(15)9-6-7-11-13(8-9)20(16,17)12-5-3-2-4-10(12)19-11/h2-8H,1H3. The molecule has 0 N–H and O–H groups in total. The van der Waals surface area contributed by atoms with E-state index in [4.69, 9.17) is 4.74 Å². The normalized spacial score (nSPS) is 14.7. The zero-order chi connectivity index (χ0) is 14.3. The van der Waals surface area contributed by atoms with Gasteiger partial charge in [-0.1, -0.05) is 12.1 Å². The van der Waals surface area contributed by atoms with Gasteiger partial charge in [-0.2, -0.15) is 0 Å². The highest BCUT2D eigenvalue weighted by Crippen LogP contribution is 2.42. The molecule has 1 heterocycles. The summed E-state index contributed by atoms with van der Waals surface area (Å²) >= 11 is 0. The highest BCUT2D eigenvalue weighted by molar-refractivity contribution is 7.91. The molecule has 1 aliphatic rings. The predicted molar refractivity (Wildman–Crippen MR) is 69.7 cm³/mol. The molecule has 0 saturated heterocycles. The van der Waals surface area contributed by atoms with Crippen molar-refractivity contribution < 1.29 is 22.7 Å². The van der Waals surface area contributed by atoms with Crippen molar-refractivity contribution in [2.24, 2.45) is 0 Å². The van der Waals surface area contributed by atoms with E-state index in [1.165, 1.54) is 31.4 Å². The van der Waals surface area contributed by atoms with Gasteiger partial charge in [-0.3, -0.25) is 0 Å². The first-order valence-electron chi connectivity index (χ1n) is 5.78. The number of para-hydroxylation sites is 1. The van der Waals surface area contributed by atoms with Gasteiger partial charge in [-0.05, 0) is 30.3 Å². The molecule has 0 aliphatic carbocycles. The maximum Gasteiger partial charge on any atom is 0.337 e. The van der Waals surface area contributed by atoms with Crippen LogP contribution in [0.3, 0.4) is 0 Å². The minimum absolute atomic E-state index is 0.0286.